The van der Waals surface area contributed by atoms with Gasteiger partial charge in [-0.05, 0) is 44.0 Å². The van der Waals surface area contributed by atoms with Crippen molar-refractivity contribution in [3.63, 3.8) is 0 Å². The normalized spacial score (nSPS) is 13.8. The second-order valence-electron chi connectivity index (χ2n) is 6.01. The van der Waals surface area contributed by atoms with E-state index in [2.05, 4.69) is 93.6 Å². The molecule has 2 atom stereocenters. The fourth-order valence-corrected chi connectivity index (χ4v) is 2.57. The van der Waals surface area contributed by atoms with Crippen LogP contribution in [0.4, 0.5) is 5.69 Å². The monoisotopic (exact) mass is 282 g/mol. The highest BCUT2D eigenvalue weighted by Crippen LogP contribution is 2.22. The fraction of sp³-hybridized carbons (Fsp3) is 0.368. The van der Waals surface area contributed by atoms with Crippen molar-refractivity contribution in [2.45, 2.75) is 32.9 Å². The molecule has 0 aliphatic carbocycles. The summed E-state index contributed by atoms with van der Waals surface area (Å²) >= 11 is 0. The van der Waals surface area contributed by atoms with E-state index in [0.29, 0.717) is 12.1 Å². The van der Waals surface area contributed by atoms with Crippen molar-refractivity contribution in [3.8, 4) is 0 Å². The smallest absolute Gasteiger partial charge is 0.0361 e. The van der Waals surface area contributed by atoms with Crippen LogP contribution in [-0.4, -0.2) is 14.1 Å². The van der Waals surface area contributed by atoms with E-state index in [0.717, 1.165) is 0 Å². The lowest BCUT2D eigenvalue weighted by atomic mass is 10.0. The van der Waals surface area contributed by atoms with Gasteiger partial charge in [-0.2, -0.15) is 0 Å². The Morgan fingerprint density at radius 1 is 0.857 bits per heavy atom. The summed E-state index contributed by atoms with van der Waals surface area (Å²) in [5.74, 6) is 0. The Labute approximate surface area is 128 Å². The summed E-state index contributed by atoms with van der Waals surface area (Å²) in [4.78, 5) is 2.12. The van der Waals surface area contributed by atoms with Crippen molar-refractivity contribution in [1.82, 2.24) is 5.32 Å². The molecule has 2 nitrogen and oxygen atoms in total. The van der Waals surface area contributed by atoms with Gasteiger partial charge in [-0.15, -0.1) is 0 Å². The van der Waals surface area contributed by atoms with Gasteiger partial charge in [0.25, 0.3) is 0 Å². The second kappa shape index (κ2) is 6.77. The van der Waals surface area contributed by atoms with Gasteiger partial charge >= 0.3 is 0 Å². The van der Waals surface area contributed by atoms with E-state index >= 15 is 0 Å². The molecule has 2 rings (SSSR count). The lowest BCUT2D eigenvalue weighted by molar-refractivity contribution is 0.494. The molecule has 0 saturated heterocycles. The third-order valence-corrected chi connectivity index (χ3v) is 3.95. The SMILES string of the molecule is Cc1cccc([C@@H](C)NC(C)c2ccc(N(C)C)cc2)c1. The van der Waals surface area contributed by atoms with Crippen molar-refractivity contribution in [1.29, 1.82) is 0 Å². The lowest BCUT2D eigenvalue weighted by Gasteiger charge is -2.22. The van der Waals surface area contributed by atoms with Crippen molar-refractivity contribution in [3.05, 3.63) is 65.2 Å². The van der Waals surface area contributed by atoms with E-state index in [1.807, 2.05) is 0 Å². The third-order valence-electron chi connectivity index (χ3n) is 3.95. The minimum atomic E-state index is 0.330. The van der Waals surface area contributed by atoms with Crippen LogP contribution in [0.25, 0.3) is 0 Å². The number of rotatable bonds is 5. The Morgan fingerprint density at radius 2 is 1.48 bits per heavy atom. The largest absolute Gasteiger partial charge is 0.378 e. The standard InChI is InChI=1S/C19H26N2/c1-14-7-6-8-18(13-14)16(3)20-15(2)17-9-11-19(12-10-17)21(4)5/h6-13,15-16,20H,1-5H3/t15?,16-/m1/s1. The van der Waals surface area contributed by atoms with E-state index in [1.165, 1.54) is 22.4 Å². The summed E-state index contributed by atoms with van der Waals surface area (Å²) in [6.07, 6.45) is 0. The molecular weight excluding hydrogens is 256 g/mol. The highest BCUT2D eigenvalue weighted by molar-refractivity contribution is 5.46. The molecule has 0 spiro atoms. The summed E-state index contributed by atoms with van der Waals surface area (Å²) in [5, 5.41) is 3.67. The average Bonchev–Trinajstić information content (AvgIpc) is 2.47. The summed E-state index contributed by atoms with van der Waals surface area (Å²) in [6, 6.07) is 18.1. The van der Waals surface area contributed by atoms with E-state index in [9.17, 15) is 0 Å². The summed E-state index contributed by atoms with van der Waals surface area (Å²) in [7, 11) is 4.13. The molecule has 1 N–H and O–H groups in total. The molecule has 0 radical (unpaired) electrons. The zero-order valence-corrected chi connectivity index (χ0v) is 13.7. The first-order chi connectivity index (χ1) is 9.97. The molecule has 0 aromatic heterocycles. The summed E-state index contributed by atoms with van der Waals surface area (Å²) in [5.41, 5.74) is 5.20. The molecule has 0 bridgehead atoms. The van der Waals surface area contributed by atoms with Gasteiger partial charge in [0.15, 0.2) is 0 Å². The van der Waals surface area contributed by atoms with Gasteiger partial charge in [0.2, 0.25) is 0 Å². The van der Waals surface area contributed by atoms with Crippen LogP contribution >= 0.6 is 0 Å². The van der Waals surface area contributed by atoms with Crippen LogP contribution in [0.3, 0.4) is 0 Å². The molecular formula is C19H26N2. The number of anilines is 1. The summed E-state index contributed by atoms with van der Waals surface area (Å²) in [6.45, 7) is 6.58. The van der Waals surface area contributed by atoms with Crippen LogP contribution in [0.15, 0.2) is 48.5 Å². The Balaban J connectivity index is 2.05. The molecule has 0 amide bonds. The van der Waals surface area contributed by atoms with E-state index < -0.39 is 0 Å². The maximum absolute atomic E-state index is 3.67. The summed E-state index contributed by atoms with van der Waals surface area (Å²) < 4.78 is 0. The van der Waals surface area contributed by atoms with Gasteiger partial charge in [-0.1, -0.05) is 42.0 Å². The Hall–Kier alpha value is -1.80. The van der Waals surface area contributed by atoms with E-state index in [1.54, 1.807) is 0 Å². The number of hydrogen-bond donors (Lipinski definition) is 1. The molecule has 0 fully saturated rings. The highest BCUT2D eigenvalue weighted by atomic mass is 15.1. The molecule has 0 aliphatic rings. The topological polar surface area (TPSA) is 15.3 Å². The van der Waals surface area contributed by atoms with E-state index in [-0.39, 0.29) is 0 Å². The minimum Gasteiger partial charge on any atom is -0.378 e. The molecule has 1 unspecified atom stereocenters. The first kappa shape index (κ1) is 15.6. The second-order valence-corrected chi connectivity index (χ2v) is 6.01. The first-order valence-electron chi connectivity index (χ1n) is 7.57. The number of aryl methyl sites for hydroxylation is 1. The molecule has 0 heterocycles. The third kappa shape index (κ3) is 4.08. The molecule has 0 aliphatic heterocycles. The number of nitrogens with one attached hydrogen (secondary N) is 1. The lowest BCUT2D eigenvalue weighted by Crippen LogP contribution is -2.22. The fourth-order valence-electron chi connectivity index (χ4n) is 2.57. The van der Waals surface area contributed by atoms with Gasteiger partial charge in [0, 0.05) is 31.9 Å². The molecule has 21 heavy (non-hydrogen) atoms. The van der Waals surface area contributed by atoms with Crippen LogP contribution in [0.2, 0.25) is 0 Å². The van der Waals surface area contributed by atoms with E-state index in [4.69, 9.17) is 0 Å². The van der Waals surface area contributed by atoms with Crippen molar-refractivity contribution in [2.75, 3.05) is 19.0 Å². The van der Waals surface area contributed by atoms with Gasteiger partial charge in [0.05, 0.1) is 0 Å². The number of hydrogen-bond acceptors (Lipinski definition) is 2. The maximum Gasteiger partial charge on any atom is 0.0361 e. The number of benzene rings is 2. The zero-order chi connectivity index (χ0) is 15.4. The van der Waals surface area contributed by atoms with Crippen LogP contribution < -0.4 is 10.2 Å². The van der Waals surface area contributed by atoms with Gasteiger partial charge < -0.3 is 10.2 Å². The highest BCUT2D eigenvalue weighted by Gasteiger charge is 2.11. The molecule has 2 aromatic carbocycles. The van der Waals surface area contributed by atoms with Crippen LogP contribution in [0.5, 0.6) is 0 Å². The maximum atomic E-state index is 3.67. The zero-order valence-electron chi connectivity index (χ0n) is 13.7. The Morgan fingerprint density at radius 3 is 2.05 bits per heavy atom. The molecule has 2 aromatic rings. The van der Waals surface area contributed by atoms with Gasteiger partial charge in [-0.3, -0.25) is 0 Å². The van der Waals surface area contributed by atoms with Crippen molar-refractivity contribution < 1.29 is 0 Å². The average molecular weight is 282 g/mol. The molecule has 2 heteroatoms. The molecule has 112 valence electrons. The predicted molar refractivity (Wildman–Crippen MR) is 91.9 cm³/mol. The van der Waals surface area contributed by atoms with Crippen molar-refractivity contribution >= 4 is 5.69 Å². The van der Waals surface area contributed by atoms with Crippen LogP contribution in [0.1, 0.15) is 42.6 Å². The Bertz CT molecular complexity index is 572. The minimum absolute atomic E-state index is 0.330. The number of nitrogens with zero attached hydrogens (tertiary/aromatic N) is 1. The van der Waals surface area contributed by atoms with Crippen LogP contribution in [-0.2, 0) is 0 Å². The quantitative estimate of drug-likeness (QED) is 0.870. The van der Waals surface area contributed by atoms with Gasteiger partial charge in [0.1, 0.15) is 0 Å². The Kier molecular flexibility index (Phi) is 5.03. The van der Waals surface area contributed by atoms with Crippen molar-refractivity contribution in [2.24, 2.45) is 0 Å². The van der Waals surface area contributed by atoms with Gasteiger partial charge in [-0.25, -0.2) is 0 Å². The molecule has 0 saturated carbocycles. The first-order valence-corrected chi connectivity index (χ1v) is 7.57. The predicted octanol–water partition coefficient (Wildman–Crippen LogP) is 4.47. The van der Waals surface area contributed by atoms with Crippen LogP contribution in [0, 0.1) is 6.92 Å².